The van der Waals surface area contributed by atoms with Crippen molar-refractivity contribution >= 4 is 0 Å². The van der Waals surface area contributed by atoms with Gasteiger partial charge in [0.05, 0.1) is 6.10 Å². The highest BCUT2D eigenvalue weighted by molar-refractivity contribution is 4.92. The molecular weight excluding hydrogens is 174 g/mol. The van der Waals surface area contributed by atoms with Gasteiger partial charge in [0.15, 0.2) is 0 Å². The first-order chi connectivity index (χ1) is 6.88. The summed E-state index contributed by atoms with van der Waals surface area (Å²) in [4.78, 5) is 2.49. The van der Waals surface area contributed by atoms with Crippen LogP contribution in [-0.4, -0.2) is 35.2 Å². The molecular formula is C12H21NO. The minimum atomic E-state index is -0.0990. The smallest absolute Gasteiger partial charge is 0.0698 e. The van der Waals surface area contributed by atoms with Crippen LogP contribution in [0, 0.1) is 0 Å². The Hall–Kier alpha value is -0.340. The number of aliphatic hydroxyl groups excluding tert-OH is 1. The third-order valence-electron chi connectivity index (χ3n) is 3.48. The van der Waals surface area contributed by atoms with Crippen LogP contribution in [0.5, 0.6) is 0 Å². The highest BCUT2D eigenvalue weighted by Gasteiger charge is 2.27. The Labute approximate surface area is 86.6 Å². The zero-order valence-corrected chi connectivity index (χ0v) is 8.86. The summed E-state index contributed by atoms with van der Waals surface area (Å²) in [6, 6.07) is 0.433. The third kappa shape index (κ3) is 2.37. The van der Waals surface area contributed by atoms with Crippen molar-refractivity contribution in [2.45, 2.75) is 50.7 Å². The molecule has 0 radical (unpaired) electrons. The van der Waals surface area contributed by atoms with E-state index >= 15 is 0 Å². The Morgan fingerprint density at radius 1 is 1.00 bits per heavy atom. The molecule has 0 aromatic carbocycles. The van der Waals surface area contributed by atoms with E-state index in [-0.39, 0.29) is 6.10 Å². The van der Waals surface area contributed by atoms with Crippen LogP contribution in [0.2, 0.25) is 0 Å². The molecule has 2 nitrogen and oxygen atoms in total. The molecule has 0 saturated carbocycles. The Bertz CT molecular complexity index is 196. The molecule has 80 valence electrons. The topological polar surface area (TPSA) is 23.5 Å². The van der Waals surface area contributed by atoms with Crippen LogP contribution in [0.1, 0.15) is 38.5 Å². The number of likely N-dealkylation sites (tertiary alicyclic amines) is 1. The highest BCUT2D eigenvalue weighted by atomic mass is 16.3. The maximum absolute atomic E-state index is 10.1. The molecule has 1 aliphatic heterocycles. The molecule has 2 unspecified atom stereocenters. The predicted octanol–water partition coefficient (Wildman–Crippen LogP) is 1.94. The lowest BCUT2D eigenvalue weighted by Gasteiger charge is -2.32. The zero-order valence-electron chi connectivity index (χ0n) is 8.86. The van der Waals surface area contributed by atoms with Crippen LogP contribution in [-0.2, 0) is 0 Å². The monoisotopic (exact) mass is 195 g/mol. The normalized spacial score (nSPS) is 37.8. The summed E-state index contributed by atoms with van der Waals surface area (Å²) >= 11 is 0. The average Bonchev–Trinajstić information content (AvgIpc) is 2.65. The fourth-order valence-electron chi connectivity index (χ4n) is 2.65. The van der Waals surface area contributed by atoms with Gasteiger partial charge in [-0.25, -0.2) is 0 Å². The van der Waals surface area contributed by atoms with Gasteiger partial charge >= 0.3 is 0 Å². The molecule has 2 atom stereocenters. The molecule has 14 heavy (non-hydrogen) atoms. The second kappa shape index (κ2) is 4.94. The van der Waals surface area contributed by atoms with Crippen molar-refractivity contribution in [3.05, 3.63) is 12.2 Å². The largest absolute Gasteiger partial charge is 0.391 e. The van der Waals surface area contributed by atoms with Crippen LogP contribution in [0.3, 0.4) is 0 Å². The minimum Gasteiger partial charge on any atom is -0.391 e. The molecule has 0 bridgehead atoms. The maximum Gasteiger partial charge on any atom is 0.0698 e. The summed E-state index contributed by atoms with van der Waals surface area (Å²) in [5.41, 5.74) is 0. The molecule has 2 aliphatic rings. The zero-order chi connectivity index (χ0) is 9.80. The average molecular weight is 195 g/mol. The SMILES string of the molecule is OC1CC/C=C\CCC1N1CCCC1. The Kier molecular flexibility index (Phi) is 3.60. The van der Waals surface area contributed by atoms with Crippen molar-refractivity contribution in [1.29, 1.82) is 0 Å². The first-order valence-electron chi connectivity index (χ1n) is 5.95. The fraction of sp³-hybridized carbons (Fsp3) is 0.833. The van der Waals surface area contributed by atoms with E-state index < -0.39 is 0 Å². The van der Waals surface area contributed by atoms with Crippen molar-refractivity contribution < 1.29 is 5.11 Å². The van der Waals surface area contributed by atoms with Crippen molar-refractivity contribution in [2.24, 2.45) is 0 Å². The number of hydrogen-bond donors (Lipinski definition) is 1. The standard InChI is InChI=1S/C12H21NO/c14-12-8-4-2-1-3-7-11(12)13-9-5-6-10-13/h1-2,11-12,14H,3-10H2/b2-1-. The lowest BCUT2D eigenvalue weighted by Crippen LogP contribution is -2.42. The highest BCUT2D eigenvalue weighted by Crippen LogP contribution is 2.22. The van der Waals surface area contributed by atoms with Gasteiger partial charge in [0.25, 0.3) is 0 Å². The molecule has 0 aromatic rings. The Morgan fingerprint density at radius 2 is 1.64 bits per heavy atom. The molecule has 1 saturated heterocycles. The molecule has 1 N–H and O–H groups in total. The third-order valence-corrected chi connectivity index (χ3v) is 3.48. The molecule has 1 aliphatic carbocycles. The Morgan fingerprint density at radius 3 is 2.36 bits per heavy atom. The van der Waals surface area contributed by atoms with Crippen molar-refractivity contribution in [3.63, 3.8) is 0 Å². The summed E-state index contributed by atoms with van der Waals surface area (Å²) in [5.74, 6) is 0. The first-order valence-corrected chi connectivity index (χ1v) is 5.95. The van der Waals surface area contributed by atoms with Gasteiger partial charge in [0.1, 0.15) is 0 Å². The Balaban J connectivity index is 1.95. The van der Waals surface area contributed by atoms with E-state index in [2.05, 4.69) is 17.1 Å². The van der Waals surface area contributed by atoms with Gasteiger partial charge in [-0.05, 0) is 51.6 Å². The van der Waals surface area contributed by atoms with E-state index in [0.29, 0.717) is 6.04 Å². The fourth-order valence-corrected chi connectivity index (χ4v) is 2.65. The van der Waals surface area contributed by atoms with E-state index in [4.69, 9.17) is 0 Å². The van der Waals surface area contributed by atoms with Gasteiger partial charge < -0.3 is 5.11 Å². The second-order valence-electron chi connectivity index (χ2n) is 4.50. The number of hydrogen-bond acceptors (Lipinski definition) is 2. The van der Waals surface area contributed by atoms with Crippen LogP contribution < -0.4 is 0 Å². The lowest BCUT2D eigenvalue weighted by molar-refractivity contribution is 0.0510. The summed E-state index contributed by atoms with van der Waals surface area (Å²) in [5, 5.41) is 10.1. The summed E-state index contributed by atoms with van der Waals surface area (Å²) in [6.45, 7) is 2.40. The number of allylic oxidation sites excluding steroid dienone is 2. The molecule has 1 heterocycles. The second-order valence-corrected chi connectivity index (χ2v) is 4.50. The minimum absolute atomic E-state index is 0.0990. The summed E-state index contributed by atoms with van der Waals surface area (Å²) in [7, 11) is 0. The van der Waals surface area contributed by atoms with Gasteiger partial charge in [0.2, 0.25) is 0 Å². The van der Waals surface area contributed by atoms with Crippen LogP contribution in [0.25, 0.3) is 0 Å². The van der Waals surface area contributed by atoms with E-state index in [1.165, 1.54) is 25.9 Å². The molecule has 1 fully saturated rings. The van der Waals surface area contributed by atoms with Crippen molar-refractivity contribution in [2.75, 3.05) is 13.1 Å². The van der Waals surface area contributed by atoms with Crippen molar-refractivity contribution in [1.82, 2.24) is 4.90 Å². The molecule has 0 aromatic heterocycles. The molecule has 0 spiro atoms. The van der Waals surface area contributed by atoms with E-state index in [0.717, 1.165) is 25.7 Å². The molecule has 2 heteroatoms. The lowest BCUT2D eigenvalue weighted by atomic mass is 9.97. The van der Waals surface area contributed by atoms with Crippen molar-refractivity contribution in [3.8, 4) is 0 Å². The number of rotatable bonds is 1. The number of aliphatic hydroxyl groups is 1. The van der Waals surface area contributed by atoms with Gasteiger partial charge in [0, 0.05) is 6.04 Å². The maximum atomic E-state index is 10.1. The van der Waals surface area contributed by atoms with Crippen LogP contribution in [0.4, 0.5) is 0 Å². The molecule has 2 rings (SSSR count). The van der Waals surface area contributed by atoms with Gasteiger partial charge in [-0.1, -0.05) is 12.2 Å². The van der Waals surface area contributed by atoms with Crippen LogP contribution >= 0.6 is 0 Å². The first kappa shape index (κ1) is 10.2. The summed E-state index contributed by atoms with van der Waals surface area (Å²) < 4.78 is 0. The van der Waals surface area contributed by atoms with E-state index in [9.17, 15) is 5.11 Å². The number of nitrogens with zero attached hydrogens (tertiary/aromatic N) is 1. The van der Waals surface area contributed by atoms with Gasteiger partial charge in [-0.2, -0.15) is 0 Å². The van der Waals surface area contributed by atoms with Gasteiger partial charge in [-0.3, -0.25) is 4.90 Å². The summed E-state index contributed by atoms with van der Waals surface area (Å²) in [6.07, 6.45) is 11.3. The quantitative estimate of drug-likeness (QED) is 0.646. The van der Waals surface area contributed by atoms with Crippen LogP contribution in [0.15, 0.2) is 12.2 Å². The van der Waals surface area contributed by atoms with E-state index in [1.807, 2.05) is 0 Å². The molecule has 0 amide bonds. The van der Waals surface area contributed by atoms with Gasteiger partial charge in [-0.15, -0.1) is 0 Å². The van der Waals surface area contributed by atoms with E-state index in [1.54, 1.807) is 0 Å². The predicted molar refractivity (Wildman–Crippen MR) is 58.2 cm³/mol.